The molecule has 13 heteroatoms. The summed E-state index contributed by atoms with van der Waals surface area (Å²) in [7, 11) is 3.00. The molecule has 0 spiro atoms. The van der Waals surface area contributed by atoms with E-state index in [0.29, 0.717) is 39.2 Å². The van der Waals surface area contributed by atoms with Gasteiger partial charge in [0.2, 0.25) is 11.8 Å². The van der Waals surface area contributed by atoms with E-state index < -0.39 is 24.3 Å². The Balaban J connectivity index is 1.31. The number of alkyl carbamates (subject to hydrolysis) is 1. The minimum atomic E-state index is -1.18. The van der Waals surface area contributed by atoms with Crippen molar-refractivity contribution in [1.82, 2.24) is 15.1 Å². The van der Waals surface area contributed by atoms with E-state index in [1.54, 1.807) is 35.2 Å². The van der Waals surface area contributed by atoms with E-state index in [9.17, 15) is 14.4 Å². The fourth-order valence-electron chi connectivity index (χ4n) is 7.14. The third-order valence-electron chi connectivity index (χ3n) is 10.8. The summed E-state index contributed by atoms with van der Waals surface area (Å²) < 4.78 is 28.6. The molecule has 1 atom stereocenters. The van der Waals surface area contributed by atoms with Gasteiger partial charge < -0.3 is 38.8 Å². The van der Waals surface area contributed by atoms with Crippen LogP contribution in [-0.2, 0) is 43.5 Å². The number of hydrogen-bond donors (Lipinski definition) is 1. The average molecular weight is 909 g/mol. The Hall–Kier alpha value is -5.85. The van der Waals surface area contributed by atoms with E-state index in [0.717, 1.165) is 40.7 Å². The second-order valence-corrected chi connectivity index (χ2v) is 16.5. The highest BCUT2D eigenvalue weighted by molar-refractivity contribution is 6.37. The quantitative estimate of drug-likeness (QED) is 0.0415. The van der Waals surface area contributed by atoms with Crippen LogP contribution in [0.4, 0.5) is 4.79 Å². The highest BCUT2D eigenvalue weighted by atomic mass is 35.5. The highest BCUT2D eigenvalue weighted by Crippen LogP contribution is 2.34. The van der Waals surface area contributed by atoms with Gasteiger partial charge in [-0.05, 0) is 89.9 Å². The zero-order valence-electron chi connectivity index (χ0n) is 36.6. The molecule has 0 unspecified atom stereocenters. The number of aryl methyl sites for hydroxylation is 2. The Morgan fingerprint density at radius 3 is 2.00 bits per heavy atom. The summed E-state index contributed by atoms with van der Waals surface area (Å²) in [6, 6.07) is 36.5. The van der Waals surface area contributed by atoms with E-state index in [1.807, 2.05) is 116 Å². The van der Waals surface area contributed by atoms with E-state index >= 15 is 0 Å². The molecule has 6 rings (SSSR count). The van der Waals surface area contributed by atoms with Crippen LogP contribution < -0.4 is 14.8 Å². The molecule has 1 fully saturated rings. The fraction of sp³-hybridized carbons (Fsp3) is 0.314. The zero-order chi connectivity index (χ0) is 45.4. The summed E-state index contributed by atoms with van der Waals surface area (Å²) in [6.45, 7) is 4.99. The van der Waals surface area contributed by atoms with E-state index in [-0.39, 0.29) is 51.3 Å². The van der Waals surface area contributed by atoms with Gasteiger partial charge in [0.15, 0.2) is 12.0 Å². The third kappa shape index (κ3) is 14.1. The highest BCUT2D eigenvalue weighted by Gasteiger charge is 2.34. The molecule has 64 heavy (non-hydrogen) atoms. The number of methoxy groups -OCH3 is 2. The van der Waals surface area contributed by atoms with Crippen molar-refractivity contribution in [3.63, 3.8) is 0 Å². The Labute approximate surface area is 385 Å². The van der Waals surface area contributed by atoms with Gasteiger partial charge >= 0.3 is 6.09 Å². The molecule has 1 aliphatic rings. The average Bonchev–Trinajstić information content (AvgIpc) is 4.14. The topological polar surface area (TPSA) is 116 Å². The molecule has 1 N–H and O–H groups in total. The van der Waals surface area contributed by atoms with Crippen molar-refractivity contribution in [2.75, 3.05) is 34.0 Å². The van der Waals surface area contributed by atoms with Crippen molar-refractivity contribution in [3.05, 3.63) is 171 Å². The van der Waals surface area contributed by atoms with E-state index in [2.05, 4.69) is 5.32 Å². The first kappa shape index (κ1) is 47.6. The second-order valence-electron chi connectivity index (χ2n) is 15.6. The number of hydrogen-bond acceptors (Lipinski definition) is 8. The second kappa shape index (κ2) is 23.7. The Bertz CT molecular complexity index is 2310. The van der Waals surface area contributed by atoms with Gasteiger partial charge in [-0.15, -0.1) is 0 Å². The van der Waals surface area contributed by atoms with E-state index in [4.69, 9.17) is 46.9 Å². The van der Waals surface area contributed by atoms with Crippen LogP contribution in [0, 0.1) is 13.8 Å². The molecule has 0 aliphatic heterocycles. The first-order valence-electron chi connectivity index (χ1n) is 21.2. The SMILES string of the molecule is COC(CN(Cc1ccccc1)C(=O)[C@@H](C/C(=C/C(=O)N(Cc1ccccc1C)C1CC1)c1ccc(OCCOc2c(Cl)cc(C)cc2Cl)cc1)NC(=O)OCc1ccccc1)OC. The van der Waals surface area contributed by atoms with Crippen LogP contribution >= 0.6 is 23.2 Å². The van der Waals surface area contributed by atoms with Crippen LogP contribution in [0.25, 0.3) is 5.57 Å². The minimum Gasteiger partial charge on any atom is -0.490 e. The lowest BCUT2D eigenvalue weighted by Crippen LogP contribution is -2.50. The number of rotatable bonds is 22. The first-order chi connectivity index (χ1) is 31.0. The smallest absolute Gasteiger partial charge is 0.408 e. The minimum absolute atomic E-state index is 0.00916. The van der Waals surface area contributed by atoms with Gasteiger partial charge in [0.05, 0.1) is 16.6 Å². The molecular weight excluding hydrogens is 853 g/mol. The number of carbonyl (C=O) groups excluding carboxylic acids is 3. The fourth-order valence-corrected chi connectivity index (χ4v) is 7.84. The number of nitrogens with zero attached hydrogens (tertiary/aromatic N) is 2. The Kier molecular flexibility index (Phi) is 17.7. The number of carbonyl (C=O) groups is 3. The molecule has 0 saturated heterocycles. The summed E-state index contributed by atoms with van der Waals surface area (Å²) >= 11 is 12.7. The molecule has 0 radical (unpaired) electrons. The van der Waals surface area contributed by atoms with Crippen LogP contribution in [0.15, 0.2) is 127 Å². The summed E-state index contributed by atoms with van der Waals surface area (Å²) in [5, 5.41) is 3.69. The van der Waals surface area contributed by atoms with Gasteiger partial charge in [0, 0.05) is 45.8 Å². The summed E-state index contributed by atoms with van der Waals surface area (Å²) in [4.78, 5) is 46.6. The Morgan fingerprint density at radius 1 is 0.766 bits per heavy atom. The van der Waals surface area contributed by atoms with Crippen molar-refractivity contribution in [2.45, 2.75) is 71.2 Å². The molecule has 336 valence electrons. The molecular formula is C51H55Cl2N3O8. The standard InChI is InChI=1S/C51H55Cl2N3O8/c1-35-27-44(52)49(45(53)28-35)63-26-25-62-43-23-19-39(20-24-43)41(30-47(57)56(42-21-22-42)32-40-18-12-11-13-36(40)2)29-46(54-51(59)64-34-38-16-9-6-10-17-38)50(58)55(33-48(60-3)61-4)31-37-14-7-5-8-15-37/h5-20,23-24,27-28,30,42,46,48H,21-22,25-26,29,31-34H2,1-4H3,(H,54,59)/b41-30-/t46-/m1/s1. The molecule has 5 aromatic carbocycles. The molecule has 1 aliphatic carbocycles. The first-order valence-corrected chi connectivity index (χ1v) is 22.0. The number of halogens is 2. The van der Waals surface area contributed by atoms with Crippen LogP contribution in [0.2, 0.25) is 10.0 Å². The molecule has 5 aromatic rings. The lowest BCUT2D eigenvalue weighted by atomic mass is 9.96. The van der Waals surface area contributed by atoms with Crippen molar-refractivity contribution in [1.29, 1.82) is 0 Å². The van der Waals surface area contributed by atoms with Crippen molar-refractivity contribution in [3.8, 4) is 11.5 Å². The zero-order valence-corrected chi connectivity index (χ0v) is 38.1. The van der Waals surface area contributed by atoms with Crippen LogP contribution in [-0.4, -0.2) is 80.1 Å². The third-order valence-corrected chi connectivity index (χ3v) is 11.3. The maximum absolute atomic E-state index is 14.9. The van der Waals surface area contributed by atoms with Gasteiger partial charge in [-0.2, -0.15) is 0 Å². The lowest BCUT2D eigenvalue weighted by molar-refractivity contribution is -0.148. The number of benzene rings is 5. The maximum atomic E-state index is 14.9. The molecule has 1 saturated carbocycles. The summed E-state index contributed by atoms with van der Waals surface area (Å²) in [6.07, 6.45) is 1.76. The summed E-state index contributed by atoms with van der Waals surface area (Å²) in [5.41, 5.74) is 5.88. The van der Waals surface area contributed by atoms with E-state index in [1.165, 1.54) is 14.2 Å². The normalized spacial score (nSPS) is 13.0. The molecule has 0 aromatic heterocycles. The largest absolute Gasteiger partial charge is 0.490 e. The number of amides is 3. The van der Waals surface area contributed by atoms with Gasteiger partial charge in [0.25, 0.3) is 0 Å². The Morgan fingerprint density at radius 2 is 1.38 bits per heavy atom. The molecule has 11 nitrogen and oxygen atoms in total. The molecule has 3 amide bonds. The van der Waals surface area contributed by atoms with Crippen LogP contribution in [0.3, 0.4) is 0 Å². The molecule has 0 heterocycles. The number of nitrogens with one attached hydrogen (secondary N) is 1. The van der Waals surface area contributed by atoms with Gasteiger partial charge in [0.1, 0.15) is 31.6 Å². The number of ether oxygens (including phenoxy) is 5. The predicted molar refractivity (Wildman–Crippen MR) is 249 cm³/mol. The lowest BCUT2D eigenvalue weighted by Gasteiger charge is -2.31. The van der Waals surface area contributed by atoms with Crippen molar-refractivity contribution >= 4 is 46.7 Å². The van der Waals surface area contributed by atoms with Gasteiger partial charge in [-0.3, -0.25) is 9.59 Å². The summed E-state index contributed by atoms with van der Waals surface area (Å²) in [5.74, 6) is 0.307. The predicted octanol–water partition coefficient (Wildman–Crippen LogP) is 9.98. The van der Waals surface area contributed by atoms with Crippen LogP contribution in [0.1, 0.15) is 52.6 Å². The maximum Gasteiger partial charge on any atom is 0.408 e. The molecule has 0 bridgehead atoms. The monoisotopic (exact) mass is 907 g/mol. The van der Waals surface area contributed by atoms with Crippen molar-refractivity contribution < 1.29 is 38.1 Å². The van der Waals surface area contributed by atoms with Crippen molar-refractivity contribution in [2.24, 2.45) is 0 Å². The van der Waals surface area contributed by atoms with Crippen LogP contribution in [0.5, 0.6) is 11.5 Å². The van der Waals surface area contributed by atoms with Gasteiger partial charge in [-0.25, -0.2) is 4.79 Å². The van der Waals surface area contributed by atoms with Gasteiger partial charge in [-0.1, -0.05) is 120 Å².